The van der Waals surface area contributed by atoms with Crippen LogP contribution in [0.1, 0.15) is 31.7 Å². The molecule has 138 valence electrons. The van der Waals surface area contributed by atoms with Gasteiger partial charge in [-0.1, -0.05) is 30.3 Å². The fourth-order valence-electron chi connectivity index (χ4n) is 3.44. The van der Waals surface area contributed by atoms with Crippen molar-refractivity contribution in [2.45, 2.75) is 44.8 Å². The minimum absolute atomic E-state index is 0.106. The molecule has 0 aromatic heterocycles. The summed E-state index contributed by atoms with van der Waals surface area (Å²) in [4.78, 5) is 14.6. The lowest BCUT2D eigenvalue weighted by Gasteiger charge is -2.28. The van der Waals surface area contributed by atoms with Crippen LogP contribution >= 0.6 is 0 Å². The topological polar surface area (TPSA) is 29.5 Å². The van der Waals surface area contributed by atoms with Gasteiger partial charge >= 0.3 is 0 Å². The third-order valence-electron chi connectivity index (χ3n) is 4.82. The van der Waals surface area contributed by atoms with Crippen molar-refractivity contribution in [1.82, 2.24) is 4.90 Å². The number of rotatable bonds is 6. The van der Waals surface area contributed by atoms with Gasteiger partial charge in [0.05, 0.1) is 0 Å². The van der Waals surface area contributed by atoms with E-state index in [1.807, 2.05) is 23.1 Å². The minimum atomic E-state index is -0.982. The molecule has 5 heteroatoms. The molecular weight excluding hydrogens is 336 g/mol. The van der Waals surface area contributed by atoms with Crippen LogP contribution in [0.5, 0.6) is 5.75 Å². The van der Waals surface area contributed by atoms with E-state index in [-0.39, 0.29) is 17.7 Å². The lowest BCUT2D eigenvalue weighted by atomic mass is 10.0. The molecule has 2 aromatic rings. The van der Waals surface area contributed by atoms with Crippen LogP contribution in [-0.2, 0) is 11.2 Å². The molecule has 26 heavy (non-hydrogen) atoms. The molecule has 1 fully saturated rings. The van der Waals surface area contributed by atoms with E-state index in [4.69, 9.17) is 4.74 Å². The minimum Gasteiger partial charge on any atom is -0.481 e. The Labute approximate surface area is 152 Å². The van der Waals surface area contributed by atoms with Gasteiger partial charge in [0, 0.05) is 18.7 Å². The SMILES string of the molecule is CC(Oc1ccc(F)c(F)c1)C(=O)N1CCCC1CCc1ccccc1. The van der Waals surface area contributed by atoms with E-state index in [1.165, 1.54) is 11.6 Å². The zero-order chi connectivity index (χ0) is 18.5. The second-order valence-corrected chi connectivity index (χ2v) is 6.69. The van der Waals surface area contributed by atoms with Gasteiger partial charge in [-0.2, -0.15) is 0 Å². The number of amides is 1. The first-order valence-corrected chi connectivity index (χ1v) is 9.00. The molecule has 0 saturated carbocycles. The molecule has 0 radical (unpaired) electrons. The Hall–Kier alpha value is -2.43. The highest BCUT2D eigenvalue weighted by Gasteiger charge is 2.32. The van der Waals surface area contributed by atoms with Crippen molar-refractivity contribution >= 4 is 5.91 Å². The lowest BCUT2D eigenvalue weighted by Crippen LogP contribution is -2.43. The fraction of sp³-hybridized carbons (Fsp3) is 0.381. The smallest absolute Gasteiger partial charge is 0.263 e. The number of halogens is 2. The zero-order valence-corrected chi connectivity index (χ0v) is 14.8. The van der Waals surface area contributed by atoms with Crippen molar-refractivity contribution in [1.29, 1.82) is 0 Å². The molecule has 2 aromatic carbocycles. The fourth-order valence-corrected chi connectivity index (χ4v) is 3.44. The molecule has 2 unspecified atom stereocenters. The molecule has 3 nitrogen and oxygen atoms in total. The van der Waals surface area contributed by atoms with Crippen molar-refractivity contribution in [2.24, 2.45) is 0 Å². The summed E-state index contributed by atoms with van der Waals surface area (Å²) in [6.45, 7) is 2.36. The summed E-state index contributed by atoms with van der Waals surface area (Å²) in [5.41, 5.74) is 1.26. The Morgan fingerprint density at radius 1 is 1.19 bits per heavy atom. The molecule has 3 rings (SSSR count). The maximum Gasteiger partial charge on any atom is 0.263 e. The Balaban J connectivity index is 1.59. The number of benzene rings is 2. The molecule has 0 aliphatic carbocycles. The number of carbonyl (C=O) groups excluding carboxylic acids is 1. The van der Waals surface area contributed by atoms with Gasteiger partial charge in [-0.05, 0) is 50.3 Å². The van der Waals surface area contributed by atoms with E-state index in [9.17, 15) is 13.6 Å². The van der Waals surface area contributed by atoms with Gasteiger partial charge in [-0.3, -0.25) is 4.79 Å². The number of aryl methyl sites for hydroxylation is 1. The molecule has 0 bridgehead atoms. The maximum atomic E-state index is 13.3. The van der Waals surface area contributed by atoms with Crippen LogP contribution in [0, 0.1) is 11.6 Å². The Morgan fingerprint density at radius 3 is 2.69 bits per heavy atom. The molecule has 0 spiro atoms. The van der Waals surface area contributed by atoms with E-state index in [2.05, 4.69) is 12.1 Å². The van der Waals surface area contributed by atoms with E-state index in [1.54, 1.807) is 6.92 Å². The number of hydrogen-bond acceptors (Lipinski definition) is 2. The first-order chi connectivity index (χ1) is 12.5. The predicted molar refractivity (Wildman–Crippen MR) is 95.9 cm³/mol. The Bertz CT molecular complexity index is 751. The van der Waals surface area contributed by atoms with Crippen LogP contribution in [-0.4, -0.2) is 29.5 Å². The third-order valence-corrected chi connectivity index (χ3v) is 4.82. The second kappa shape index (κ2) is 8.30. The first kappa shape index (κ1) is 18.4. The molecular formula is C21H23F2NO2. The normalized spacial score (nSPS) is 18.0. The van der Waals surface area contributed by atoms with Crippen molar-refractivity contribution in [2.75, 3.05) is 6.54 Å². The van der Waals surface area contributed by atoms with E-state index in [0.717, 1.165) is 37.8 Å². The summed E-state index contributed by atoms with van der Waals surface area (Å²) in [7, 11) is 0. The summed E-state index contributed by atoms with van der Waals surface area (Å²) in [5.74, 6) is -1.86. The lowest BCUT2D eigenvalue weighted by molar-refractivity contribution is -0.138. The monoisotopic (exact) mass is 359 g/mol. The van der Waals surface area contributed by atoms with Crippen molar-refractivity contribution in [3.63, 3.8) is 0 Å². The summed E-state index contributed by atoms with van der Waals surface area (Å²) >= 11 is 0. The van der Waals surface area contributed by atoms with Crippen molar-refractivity contribution < 1.29 is 18.3 Å². The van der Waals surface area contributed by atoms with Gasteiger partial charge in [0.15, 0.2) is 17.7 Å². The van der Waals surface area contributed by atoms with Gasteiger partial charge in [0.1, 0.15) is 5.75 Å². The largest absolute Gasteiger partial charge is 0.481 e. The van der Waals surface area contributed by atoms with Crippen LogP contribution in [0.3, 0.4) is 0 Å². The van der Waals surface area contributed by atoms with E-state index >= 15 is 0 Å². The van der Waals surface area contributed by atoms with Crippen LogP contribution in [0.25, 0.3) is 0 Å². The summed E-state index contributed by atoms with van der Waals surface area (Å²) in [6.07, 6.45) is 3.05. The molecule has 1 amide bonds. The quantitative estimate of drug-likeness (QED) is 0.767. The highest BCUT2D eigenvalue weighted by Crippen LogP contribution is 2.24. The van der Waals surface area contributed by atoms with Gasteiger partial charge in [-0.15, -0.1) is 0 Å². The Kier molecular flexibility index (Phi) is 5.86. The number of nitrogens with zero attached hydrogens (tertiary/aromatic N) is 1. The second-order valence-electron chi connectivity index (χ2n) is 6.69. The van der Waals surface area contributed by atoms with Crippen LogP contribution in [0.4, 0.5) is 8.78 Å². The van der Waals surface area contributed by atoms with Crippen molar-refractivity contribution in [3.05, 3.63) is 65.7 Å². The van der Waals surface area contributed by atoms with Crippen LogP contribution in [0.2, 0.25) is 0 Å². The molecule has 1 heterocycles. The first-order valence-electron chi connectivity index (χ1n) is 9.00. The van der Waals surface area contributed by atoms with Gasteiger partial charge in [0.2, 0.25) is 0 Å². The third kappa shape index (κ3) is 4.40. The predicted octanol–water partition coefficient (Wildman–Crippen LogP) is 4.36. The number of carbonyl (C=O) groups is 1. The van der Waals surface area contributed by atoms with Crippen LogP contribution < -0.4 is 4.74 Å². The number of ether oxygens (including phenoxy) is 1. The zero-order valence-electron chi connectivity index (χ0n) is 14.8. The molecule has 0 N–H and O–H groups in total. The Morgan fingerprint density at radius 2 is 1.96 bits per heavy atom. The molecule has 1 saturated heterocycles. The highest BCUT2D eigenvalue weighted by molar-refractivity contribution is 5.81. The average molecular weight is 359 g/mol. The number of likely N-dealkylation sites (tertiary alicyclic amines) is 1. The van der Waals surface area contributed by atoms with Crippen molar-refractivity contribution in [3.8, 4) is 5.75 Å². The summed E-state index contributed by atoms with van der Waals surface area (Å²) in [5, 5.41) is 0. The van der Waals surface area contributed by atoms with Gasteiger partial charge in [-0.25, -0.2) is 8.78 Å². The van der Waals surface area contributed by atoms with Gasteiger partial charge < -0.3 is 9.64 Å². The van der Waals surface area contributed by atoms with Crippen LogP contribution in [0.15, 0.2) is 48.5 Å². The maximum absolute atomic E-state index is 13.3. The van der Waals surface area contributed by atoms with Gasteiger partial charge in [0.25, 0.3) is 5.91 Å². The molecule has 2 atom stereocenters. The number of hydrogen-bond donors (Lipinski definition) is 0. The van der Waals surface area contributed by atoms with E-state index in [0.29, 0.717) is 6.54 Å². The molecule has 1 aliphatic heterocycles. The standard InChI is InChI=1S/C21H23F2NO2/c1-15(26-18-11-12-19(22)20(23)14-18)21(25)24-13-5-8-17(24)10-9-16-6-3-2-4-7-16/h2-4,6-7,11-12,14-15,17H,5,8-10,13H2,1H3. The average Bonchev–Trinajstić information content (AvgIpc) is 3.11. The summed E-state index contributed by atoms with van der Waals surface area (Å²) < 4.78 is 31.9. The highest BCUT2D eigenvalue weighted by atomic mass is 19.2. The summed E-state index contributed by atoms with van der Waals surface area (Å²) in [6, 6.07) is 13.7. The molecule has 1 aliphatic rings. The van der Waals surface area contributed by atoms with E-state index < -0.39 is 17.7 Å².